The maximum absolute atomic E-state index is 12.4. The largest absolute Gasteiger partial charge is 0.368 e. The second-order valence-electron chi connectivity index (χ2n) is 7.51. The average molecular weight is 357 g/mol. The number of nitrogens with zero attached hydrogens (tertiary/aromatic N) is 2. The quantitative estimate of drug-likeness (QED) is 0.845. The Morgan fingerprint density at radius 2 is 1.69 bits per heavy atom. The highest BCUT2D eigenvalue weighted by Gasteiger charge is 2.23. The lowest BCUT2D eigenvalue weighted by atomic mass is 10.0. The van der Waals surface area contributed by atoms with Gasteiger partial charge < -0.3 is 15.1 Å². The molecule has 1 aromatic carbocycles. The van der Waals surface area contributed by atoms with Gasteiger partial charge in [-0.2, -0.15) is 0 Å². The first kappa shape index (κ1) is 18.7. The van der Waals surface area contributed by atoms with E-state index >= 15 is 0 Å². The molecule has 1 N–H and O–H groups in total. The van der Waals surface area contributed by atoms with Crippen LogP contribution in [0.4, 0.5) is 11.4 Å². The molecule has 1 aliphatic heterocycles. The van der Waals surface area contributed by atoms with Gasteiger partial charge in [-0.3, -0.25) is 9.59 Å². The topological polar surface area (TPSA) is 52.7 Å². The lowest BCUT2D eigenvalue weighted by molar-refractivity contribution is -0.131. The van der Waals surface area contributed by atoms with Crippen LogP contribution in [0.2, 0.25) is 0 Å². The molecule has 2 amide bonds. The molecule has 0 atom stereocenters. The van der Waals surface area contributed by atoms with Gasteiger partial charge in [-0.25, -0.2) is 0 Å². The Bertz CT molecular complexity index is 600. The number of nitrogens with one attached hydrogen (secondary N) is 1. The number of benzene rings is 1. The molecule has 0 radical (unpaired) electrons. The minimum absolute atomic E-state index is 0.0301. The van der Waals surface area contributed by atoms with Crippen molar-refractivity contribution in [3.63, 3.8) is 0 Å². The first-order valence-corrected chi connectivity index (χ1v) is 10.1. The number of anilines is 2. The lowest BCUT2D eigenvalue weighted by Gasteiger charge is -2.36. The summed E-state index contributed by atoms with van der Waals surface area (Å²) >= 11 is 0. The van der Waals surface area contributed by atoms with Gasteiger partial charge in [-0.15, -0.1) is 0 Å². The van der Waals surface area contributed by atoms with Gasteiger partial charge in [0.1, 0.15) is 0 Å². The van der Waals surface area contributed by atoms with E-state index < -0.39 is 0 Å². The molecule has 0 aromatic heterocycles. The molecular formula is C21H31N3O2. The van der Waals surface area contributed by atoms with E-state index in [1.807, 2.05) is 36.1 Å². The monoisotopic (exact) mass is 357 g/mol. The van der Waals surface area contributed by atoms with Gasteiger partial charge >= 0.3 is 0 Å². The smallest absolute Gasteiger partial charge is 0.224 e. The number of piperazine rings is 1. The van der Waals surface area contributed by atoms with Crippen molar-refractivity contribution in [2.24, 2.45) is 5.92 Å². The van der Waals surface area contributed by atoms with Gasteiger partial charge in [0, 0.05) is 50.4 Å². The van der Waals surface area contributed by atoms with Crippen molar-refractivity contribution < 1.29 is 9.59 Å². The fourth-order valence-electron chi connectivity index (χ4n) is 4.00. The van der Waals surface area contributed by atoms with E-state index in [-0.39, 0.29) is 5.91 Å². The fraction of sp³-hybridized carbons (Fsp3) is 0.619. The first-order chi connectivity index (χ1) is 12.7. The van der Waals surface area contributed by atoms with E-state index in [0.29, 0.717) is 12.3 Å². The zero-order chi connectivity index (χ0) is 18.4. The van der Waals surface area contributed by atoms with Crippen molar-refractivity contribution in [3.8, 4) is 0 Å². The Hall–Kier alpha value is -2.04. The molecule has 5 nitrogen and oxygen atoms in total. The van der Waals surface area contributed by atoms with Crippen LogP contribution in [0.3, 0.4) is 0 Å². The number of hydrogen-bond acceptors (Lipinski definition) is 3. The molecule has 1 saturated carbocycles. The molecule has 2 aliphatic rings. The van der Waals surface area contributed by atoms with Gasteiger partial charge in [0.15, 0.2) is 0 Å². The highest BCUT2D eigenvalue weighted by molar-refractivity contribution is 5.90. The highest BCUT2D eigenvalue weighted by atomic mass is 16.2. The molecule has 1 heterocycles. The third-order valence-corrected chi connectivity index (χ3v) is 5.71. The van der Waals surface area contributed by atoms with Crippen LogP contribution >= 0.6 is 0 Å². The number of carbonyl (C=O) groups excluding carboxylic acids is 2. The predicted molar refractivity (Wildman–Crippen MR) is 105 cm³/mol. The fourth-order valence-corrected chi connectivity index (χ4v) is 4.00. The SMILES string of the molecule is CCC(=O)Nc1ccc(N2CCN(C(=O)CCC3CCCC3)CC2)cc1. The summed E-state index contributed by atoms with van der Waals surface area (Å²) in [5.74, 6) is 1.14. The van der Waals surface area contributed by atoms with Crippen LogP contribution in [0, 0.1) is 5.92 Å². The second-order valence-corrected chi connectivity index (χ2v) is 7.51. The van der Waals surface area contributed by atoms with Crippen molar-refractivity contribution in [3.05, 3.63) is 24.3 Å². The van der Waals surface area contributed by atoms with Gasteiger partial charge in [0.2, 0.25) is 11.8 Å². The minimum atomic E-state index is 0.0301. The van der Waals surface area contributed by atoms with E-state index in [0.717, 1.165) is 56.3 Å². The zero-order valence-corrected chi connectivity index (χ0v) is 15.9. The molecule has 3 rings (SSSR count). The third-order valence-electron chi connectivity index (χ3n) is 5.71. The molecule has 0 bridgehead atoms. The molecule has 142 valence electrons. The van der Waals surface area contributed by atoms with Gasteiger partial charge in [0.05, 0.1) is 0 Å². The van der Waals surface area contributed by atoms with Gasteiger partial charge in [-0.1, -0.05) is 32.6 Å². The van der Waals surface area contributed by atoms with Crippen molar-refractivity contribution in [1.82, 2.24) is 4.90 Å². The van der Waals surface area contributed by atoms with Crippen LogP contribution in [0.15, 0.2) is 24.3 Å². The number of rotatable bonds is 6. The molecular weight excluding hydrogens is 326 g/mol. The molecule has 1 aliphatic carbocycles. The van der Waals surface area contributed by atoms with E-state index in [1.54, 1.807) is 0 Å². The summed E-state index contributed by atoms with van der Waals surface area (Å²) in [6.45, 7) is 5.19. The number of amides is 2. The number of carbonyl (C=O) groups is 2. The summed E-state index contributed by atoms with van der Waals surface area (Å²) in [4.78, 5) is 28.2. The molecule has 0 unspecified atom stereocenters. The van der Waals surface area contributed by atoms with Crippen LogP contribution in [-0.2, 0) is 9.59 Å². The maximum Gasteiger partial charge on any atom is 0.224 e. The summed E-state index contributed by atoms with van der Waals surface area (Å²) in [6, 6.07) is 7.98. The van der Waals surface area contributed by atoms with Crippen molar-refractivity contribution >= 4 is 23.2 Å². The molecule has 1 aromatic rings. The van der Waals surface area contributed by atoms with Crippen LogP contribution in [-0.4, -0.2) is 42.9 Å². The summed E-state index contributed by atoms with van der Waals surface area (Å²) < 4.78 is 0. The predicted octanol–water partition coefficient (Wildman–Crippen LogP) is 3.65. The van der Waals surface area contributed by atoms with Crippen molar-refractivity contribution in [2.75, 3.05) is 36.4 Å². The van der Waals surface area contributed by atoms with Gasteiger partial charge in [-0.05, 0) is 36.6 Å². The maximum atomic E-state index is 12.4. The highest BCUT2D eigenvalue weighted by Crippen LogP contribution is 2.29. The second kappa shape index (κ2) is 9.06. The van der Waals surface area contributed by atoms with Crippen molar-refractivity contribution in [1.29, 1.82) is 0 Å². The first-order valence-electron chi connectivity index (χ1n) is 10.1. The van der Waals surface area contributed by atoms with Crippen molar-refractivity contribution in [2.45, 2.75) is 51.9 Å². The molecule has 26 heavy (non-hydrogen) atoms. The lowest BCUT2D eigenvalue weighted by Crippen LogP contribution is -2.48. The van der Waals surface area contributed by atoms with E-state index in [1.165, 1.54) is 25.7 Å². The number of hydrogen-bond donors (Lipinski definition) is 1. The van der Waals surface area contributed by atoms with Crippen LogP contribution in [0.1, 0.15) is 51.9 Å². The normalized spacial score (nSPS) is 18.2. The summed E-state index contributed by atoms with van der Waals surface area (Å²) in [7, 11) is 0. The minimum Gasteiger partial charge on any atom is -0.368 e. The van der Waals surface area contributed by atoms with E-state index in [2.05, 4.69) is 10.2 Å². The van der Waals surface area contributed by atoms with Crippen LogP contribution in [0.25, 0.3) is 0 Å². The van der Waals surface area contributed by atoms with E-state index in [4.69, 9.17) is 0 Å². The zero-order valence-electron chi connectivity index (χ0n) is 15.9. The van der Waals surface area contributed by atoms with Crippen LogP contribution < -0.4 is 10.2 Å². The summed E-state index contributed by atoms with van der Waals surface area (Å²) in [5.41, 5.74) is 1.99. The van der Waals surface area contributed by atoms with Crippen LogP contribution in [0.5, 0.6) is 0 Å². The Balaban J connectivity index is 1.44. The molecule has 0 spiro atoms. The third kappa shape index (κ3) is 4.99. The Kier molecular flexibility index (Phi) is 6.53. The molecule has 1 saturated heterocycles. The Morgan fingerprint density at radius 1 is 1.04 bits per heavy atom. The molecule has 5 heteroatoms. The Morgan fingerprint density at radius 3 is 2.31 bits per heavy atom. The standard InChI is InChI=1S/C21H31N3O2/c1-2-20(25)22-18-8-10-19(11-9-18)23-13-15-24(16-14-23)21(26)12-7-17-5-3-4-6-17/h8-11,17H,2-7,12-16H2,1H3,(H,22,25). The van der Waals surface area contributed by atoms with E-state index in [9.17, 15) is 9.59 Å². The van der Waals surface area contributed by atoms with Gasteiger partial charge in [0.25, 0.3) is 0 Å². The molecule has 2 fully saturated rings. The summed E-state index contributed by atoms with van der Waals surface area (Å²) in [6.07, 6.45) is 7.60. The Labute approximate surface area is 156 Å². The average Bonchev–Trinajstić information content (AvgIpc) is 3.20. The summed E-state index contributed by atoms with van der Waals surface area (Å²) in [5, 5.41) is 2.87.